The van der Waals surface area contributed by atoms with Crippen molar-refractivity contribution in [3.63, 3.8) is 0 Å². The maximum Gasteiger partial charge on any atom is 0.363 e. The summed E-state index contributed by atoms with van der Waals surface area (Å²) >= 11 is 4.94. The number of halogens is 1. The molecule has 0 N–H and O–H groups in total. The van der Waals surface area contributed by atoms with Crippen molar-refractivity contribution < 1.29 is 14.3 Å². The van der Waals surface area contributed by atoms with Crippen LogP contribution in [0.25, 0.3) is 6.08 Å². The minimum atomic E-state index is -0.439. The summed E-state index contributed by atoms with van der Waals surface area (Å²) in [4.78, 5) is 17.1. The fourth-order valence-electron chi connectivity index (χ4n) is 1.84. The molecule has 0 bridgehead atoms. The van der Waals surface area contributed by atoms with Crippen LogP contribution in [-0.2, 0) is 9.53 Å². The van der Waals surface area contributed by atoms with Gasteiger partial charge in [-0.3, -0.25) is 0 Å². The van der Waals surface area contributed by atoms with E-state index in [4.69, 9.17) is 9.47 Å². The van der Waals surface area contributed by atoms with Crippen molar-refractivity contribution >= 4 is 45.2 Å². The SMILES string of the molecule is COc1ccc(C2=N/C(=C\c3cccs3)C(=O)O2)cc1Br. The molecule has 0 saturated heterocycles. The van der Waals surface area contributed by atoms with E-state index in [0.29, 0.717) is 22.9 Å². The molecular formula is C15H10BrNO3S. The van der Waals surface area contributed by atoms with Gasteiger partial charge in [-0.1, -0.05) is 6.07 Å². The van der Waals surface area contributed by atoms with Crippen LogP contribution in [0.5, 0.6) is 5.75 Å². The van der Waals surface area contributed by atoms with Crippen LogP contribution in [0.2, 0.25) is 0 Å². The molecule has 3 rings (SSSR count). The second kappa shape index (κ2) is 5.83. The Morgan fingerprint density at radius 3 is 2.90 bits per heavy atom. The summed E-state index contributed by atoms with van der Waals surface area (Å²) in [6.45, 7) is 0. The van der Waals surface area contributed by atoms with Gasteiger partial charge < -0.3 is 9.47 Å². The molecule has 0 unspecified atom stereocenters. The lowest BCUT2D eigenvalue weighted by atomic mass is 10.2. The van der Waals surface area contributed by atoms with Crippen LogP contribution in [-0.4, -0.2) is 19.0 Å². The number of benzene rings is 1. The molecule has 21 heavy (non-hydrogen) atoms. The maximum atomic E-state index is 11.9. The fraction of sp³-hybridized carbons (Fsp3) is 0.0667. The van der Waals surface area contributed by atoms with Gasteiger partial charge in [0.05, 0.1) is 11.6 Å². The highest BCUT2D eigenvalue weighted by Crippen LogP contribution is 2.28. The van der Waals surface area contributed by atoms with E-state index >= 15 is 0 Å². The van der Waals surface area contributed by atoms with Gasteiger partial charge in [-0.05, 0) is 51.7 Å². The zero-order valence-electron chi connectivity index (χ0n) is 11.0. The summed E-state index contributed by atoms with van der Waals surface area (Å²) in [5.74, 6) is 0.564. The lowest BCUT2D eigenvalue weighted by molar-refractivity contribution is -0.129. The number of rotatable bonds is 3. The molecule has 0 fully saturated rings. The van der Waals surface area contributed by atoms with Crippen molar-refractivity contribution in [3.05, 3.63) is 56.3 Å². The predicted molar refractivity (Wildman–Crippen MR) is 85.6 cm³/mol. The summed E-state index contributed by atoms with van der Waals surface area (Å²) in [6, 6.07) is 9.23. The average molecular weight is 364 g/mol. The number of ether oxygens (including phenoxy) is 2. The second-order valence-corrected chi connectivity index (χ2v) is 6.03. The molecule has 1 aliphatic rings. The topological polar surface area (TPSA) is 47.9 Å². The number of carbonyl (C=O) groups excluding carboxylic acids is 1. The number of aliphatic imine (C=N–C) groups is 1. The summed E-state index contributed by atoms with van der Waals surface area (Å²) in [5, 5.41) is 1.94. The highest BCUT2D eigenvalue weighted by Gasteiger charge is 2.24. The van der Waals surface area contributed by atoms with Crippen LogP contribution in [0.4, 0.5) is 0 Å². The van der Waals surface area contributed by atoms with Gasteiger partial charge in [0, 0.05) is 10.4 Å². The third-order valence-electron chi connectivity index (χ3n) is 2.84. The van der Waals surface area contributed by atoms with Gasteiger partial charge >= 0.3 is 5.97 Å². The largest absolute Gasteiger partial charge is 0.496 e. The molecule has 1 aromatic heterocycles. The molecule has 0 atom stereocenters. The molecule has 2 aromatic rings. The van der Waals surface area contributed by atoms with E-state index in [9.17, 15) is 4.79 Å². The monoisotopic (exact) mass is 363 g/mol. The first-order chi connectivity index (χ1) is 10.2. The smallest absolute Gasteiger partial charge is 0.363 e. The van der Waals surface area contributed by atoms with Gasteiger partial charge in [0.1, 0.15) is 5.75 Å². The zero-order valence-corrected chi connectivity index (χ0v) is 13.4. The number of cyclic esters (lactones) is 1. The number of esters is 1. The lowest BCUT2D eigenvalue weighted by Crippen LogP contribution is -2.05. The van der Waals surface area contributed by atoms with Crippen LogP contribution in [0, 0.1) is 0 Å². The Morgan fingerprint density at radius 1 is 1.38 bits per heavy atom. The Labute approximate surface area is 133 Å². The molecule has 1 aromatic carbocycles. The van der Waals surface area contributed by atoms with Crippen molar-refractivity contribution in [3.8, 4) is 5.75 Å². The molecule has 2 heterocycles. The first-order valence-electron chi connectivity index (χ1n) is 6.07. The lowest BCUT2D eigenvalue weighted by Gasteiger charge is -2.05. The van der Waals surface area contributed by atoms with Gasteiger partial charge in [-0.25, -0.2) is 9.79 Å². The van der Waals surface area contributed by atoms with E-state index in [1.807, 2.05) is 17.5 Å². The molecule has 0 radical (unpaired) electrons. The Hall–Kier alpha value is -1.92. The number of methoxy groups -OCH3 is 1. The first kappa shape index (κ1) is 14.0. The Balaban J connectivity index is 1.93. The first-order valence-corrected chi connectivity index (χ1v) is 7.74. The van der Waals surface area contributed by atoms with Crippen molar-refractivity contribution in [1.29, 1.82) is 0 Å². The highest BCUT2D eigenvalue weighted by atomic mass is 79.9. The van der Waals surface area contributed by atoms with Crippen LogP contribution in [0.1, 0.15) is 10.4 Å². The number of hydrogen-bond donors (Lipinski definition) is 0. The van der Waals surface area contributed by atoms with Gasteiger partial charge in [-0.15, -0.1) is 11.3 Å². The third-order valence-corrected chi connectivity index (χ3v) is 4.28. The van der Waals surface area contributed by atoms with Crippen LogP contribution in [0.3, 0.4) is 0 Å². The van der Waals surface area contributed by atoms with E-state index in [0.717, 1.165) is 9.35 Å². The molecule has 0 amide bonds. The Bertz CT molecular complexity index is 750. The number of hydrogen-bond acceptors (Lipinski definition) is 5. The average Bonchev–Trinajstić information content (AvgIpc) is 3.10. The number of nitrogens with zero attached hydrogens (tertiary/aromatic N) is 1. The second-order valence-electron chi connectivity index (χ2n) is 4.20. The van der Waals surface area contributed by atoms with Gasteiger partial charge in [0.2, 0.25) is 5.90 Å². The summed E-state index contributed by atoms with van der Waals surface area (Å²) in [5.41, 5.74) is 1.02. The van der Waals surface area contributed by atoms with Crippen LogP contribution >= 0.6 is 27.3 Å². The molecular weight excluding hydrogens is 354 g/mol. The quantitative estimate of drug-likeness (QED) is 0.614. The Morgan fingerprint density at radius 2 is 2.24 bits per heavy atom. The van der Waals surface area contributed by atoms with Crippen molar-refractivity contribution in [1.82, 2.24) is 0 Å². The van der Waals surface area contributed by atoms with Crippen LogP contribution < -0.4 is 4.74 Å². The van der Waals surface area contributed by atoms with E-state index in [1.54, 1.807) is 31.4 Å². The minimum Gasteiger partial charge on any atom is -0.496 e. The van der Waals surface area contributed by atoms with Crippen LogP contribution in [0.15, 0.2) is 50.9 Å². The fourth-order valence-corrected chi connectivity index (χ4v) is 3.03. The third kappa shape index (κ3) is 2.91. The zero-order chi connectivity index (χ0) is 14.8. The minimum absolute atomic E-state index is 0.297. The van der Waals surface area contributed by atoms with E-state index in [1.165, 1.54) is 11.3 Å². The predicted octanol–water partition coefficient (Wildman–Crippen LogP) is 3.86. The maximum absolute atomic E-state index is 11.9. The summed E-state index contributed by atoms with van der Waals surface area (Å²) in [7, 11) is 1.59. The molecule has 0 saturated carbocycles. The molecule has 0 aliphatic carbocycles. The molecule has 0 spiro atoms. The Kier molecular flexibility index (Phi) is 3.90. The van der Waals surface area contributed by atoms with Crippen molar-refractivity contribution in [2.24, 2.45) is 4.99 Å². The summed E-state index contributed by atoms with van der Waals surface area (Å²) in [6.07, 6.45) is 1.72. The molecule has 1 aliphatic heterocycles. The highest BCUT2D eigenvalue weighted by molar-refractivity contribution is 9.10. The van der Waals surface area contributed by atoms with E-state index in [2.05, 4.69) is 20.9 Å². The molecule has 4 nitrogen and oxygen atoms in total. The summed E-state index contributed by atoms with van der Waals surface area (Å²) < 4.78 is 11.2. The molecule has 106 valence electrons. The van der Waals surface area contributed by atoms with Gasteiger partial charge in [-0.2, -0.15) is 0 Å². The standard InChI is InChI=1S/C15H10BrNO3S/c1-19-13-5-4-9(7-11(13)16)14-17-12(15(18)20-14)8-10-3-2-6-21-10/h2-8H,1H3/b12-8-. The van der Waals surface area contributed by atoms with E-state index < -0.39 is 5.97 Å². The number of carbonyl (C=O) groups is 1. The van der Waals surface area contributed by atoms with E-state index in [-0.39, 0.29) is 0 Å². The number of thiophene rings is 1. The van der Waals surface area contributed by atoms with Crippen molar-refractivity contribution in [2.45, 2.75) is 0 Å². The van der Waals surface area contributed by atoms with Crippen molar-refractivity contribution in [2.75, 3.05) is 7.11 Å². The van der Waals surface area contributed by atoms with Gasteiger partial charge in [0.15, 0.2) is 5.70 Å². The molecule has 6 heteroatoms. The normalized spacial score (nSPS) is 16.0. The van der Waals surface area contributed by atoms with Gasteiger partial charge in [0.25, 0.3) is 0 Å².